The van der Waals surface area contributed by atoms with E-state index >= 15 is 0 Å². The van der Waals surface area contributed by atoms with Gasteiger partial charge < -0.3 is 4.74 Å². The minimum Gasteiger partial charge on any atom is -0.381 e. The fraction of sp³-hybridized carbons (Fsp3) is 0.800. The number of rotatable bonds is 0. The first kappa shape index (κ1) is 14.4. The molecule has 1 aliphatic heterocycles. The van der Waals surface area contributed by atoms with Crippen molar-refractivity contribution in [1.29, 1.82) is 0 Å². The molecule has 2 heteroatoms. The van der Waals surface area contributed by atoms with Gasteiger partial charge in [-0.05, 0) is 37.7 Å². The molecular formula is C15H26O2. The van der Waals surface area contributed by atoms with Crippen LogP contribution in [0.15, 0.2) is 12.2 Å². The molecule has 1 rings (SSSR count). The molecule has 1 heterocycles. The first-order valence-corrected chi connectivity index (χ1v) is 7.06. The van der Waals surface area contributed by atoms with Crippen molar-refractivity contribution >= 4 is 5.78 Å². The van der Waals surface area contributed by atoms with Crippen molar-refractivity contribution in [3.8, 4) is 0 Å². The predicted molar refractivity (Wildman–Crippen MR) is 71.1 cm³/mol. The summed E-state index contributed by atoms with van der Waals surface area (Å²) in [6.07, 6.45) is 12.5. The molecule has 1 unspecified atom stereocenters. The third-order valence-corrected chi connectivity index (χ3v) is 3.31. The summed E-state index contributed by atoms with van der Waals surface area (Å²) in [5.74, 6) is 0.910. The van der Waals surface area contributed by atoms with Gasteiger partial charge in [0.15, 0.2) is 5.78 Å². The summed E-state index contributed by atoms with van der Waals surface area (Å²) in [5, 5.41) is 0. The summed E-state index contributed by atoms with van der Waals surface area (Å²) in [6, 6.07) is 0. The third-order valence-electron chi connectivity index (χ3n) is 3.31. The molecule has 0 aromatic heterocycles. The molecule has 0 radical (unpaired) electrons. The Morgan fingerprint density at radius 2 is 1.88 bits per heavy atom. The van der Waals surface area contributed by atoms with Crippen LogP contribution >= 0.6 is 0 Å². The van der Waals surface area contributed by atoms with Crippen LogP contribution < -0.4 is 0 Å². The van der Waals surface area contributed by atoms with Crippen molar-refractivity contribution < 1.29 is 9.53 Å². The highest BCUT2D eigenvalue weighted by molar-refractivity contribution is 5.89. The summed E-state index contributed by atoms with van der Waals surface area (Å²) < 4.78 is 5.61. The molecule has 0 aromatic rings. The molecule has 0 aliphatic carbocycles. The van der Waals surface area contributed by atoms with Gasteiger partial charge in [-0.15, -0.1) is 0 Å². The van der Waals surface area contributed by atoms with E-state index in [1.807, 2.05) is 6.08 Å². The van der Waals surface area contributed by atoms with Crippen LogP contribution in [0.4, 0.5) is 0 Å². The zero-order valence-electron chi connectivity index (χ0n) is 11.1. The summed E-state index contributed by atoms with van der Waals surface area (Å²) in [7, 11) is 0. The predicted octanol–water partition coefficient (Wildman–Crippen LogP) is 3.90. The second kappa shape index (κ2) is 9.41. The van der Waals surface area contributed by atoms with Gasteiger partial charge in [0.1, 0.15) is 0 Å². The Bertz CT molecular complexity index is 233. The molecule has 1 atom stereocenters. The van der Waals surface area contributed by atoms with E-state index in [0.29, 0.717) is 11.7 Å². The quantitative estimate of drug-likeness (QED) is 0.640. The minimum absolute atomic E-state index is 0.295. The SMILES string of the molecule is CC1CC=CC(=O)CCCCCCCOCC1. The van der Waals surface area contributed by atoms with E-state index in [2.05, 4.69) is 6.92 Å². The molecule has 0 bridgehead atoms. The Balaban J connectivity index is 2.31. The van der Waals surface area contributed by atoms with Crippen molar-refractivity contribution in [2.24, 2.45) is 5.92 Å². The van der Waals surface area contributed by atoms with Crippen LogP contribution in [0.3, 0.4) is 0 Å². The smallest absolute Gasteiger partial charge is 0.155 e. The van der Waals surface area contributed by atoms with Gasteiger partial charge in [-0.25, -0.2) is 0 Å². The lowest BCUT2D eigenvalue weighted by molar-refractivity contribution is -0.114. The van der Waals surface area contributed by atoms with E-state index < -0.39 is 0 Å². The van der Waals surface area contributed by atoms with Gasteiger partial charge in [0, 0.05) is 19.6 Å². The van der Waals surface area contributed by atoms with E-state index in [1.54, 1.807) is 6.08 Å². The summed E-state index contributed by atoms with van der Waals surface area (Å²) in [6.45, 7) is 3.99. The van der Waals surface area contributed by atoms with Crippen LogP contribution in [-0.2, 0) is 9.53 Å². The maximum absolute atomic E-state index is 11.5. The van der Waals surface area contributed by atoms with E-state index in [1.165, 1.54) is 25.7 Å². The number of hydrogen-bond donors (Lipinski definition) is 0. The maximum Gasteiger partial charge on any atom is 0.155 e. The van der Waals surface area contributed by atoms with Crippen LogP contribution in [0.25, 0.3) is 0 Å². The molecule has 0 spiro atoms. The standard InChI is InChI=1S/C15H26O2/c1-14-8-7-10-15(16)9-5-3-2-4-6-12-17-13-11-14/h7,10,14H,2-6,8-9,11-13H2,1H3. The van der Waals surface area contributed by atoms with Crippen LogP contribution in [0, 0.1) is 5.92 Å². The van der Waals surface area contributed by atoms with Gasteiger partial charge in [-0.2, -0.15) is 0 Å². The lowest BCUT2D eigenvalue weighted by atomic mass is 10.0. The van der Waals surface area contributed by atoms with Crippen molar-refractivity contribution in [2.75, 3.05) is 13.2 Å². The van der Waals surface area contributed by atoms with Crippen LogP contribution in [-0.4, -0.2) is 19.0 Å². The highest BCUT2D eigenvalue weighted by atomic mass is 16.5. The lowest BCUT2D eigenvalue weighted by Gasteiger charge is -2.09. The largest absolute Gasteiger partial charge is 0.381 e. The number of hydrogen-bond acceptors (Lipinski definition) is 2. The number of ether oxygens (including phenoxy) is 1. The minimum atomic E-state index is 0.295. The van der Waals surface area contributed by atoms with Crippen LogP contribution in [0.5, 0.6) is 0 Å². The monoisotopic (exact) mass is 238 g/mol. The Morgan fingerprint density at radius 1 is 1.12 bits per heavy atom. The van der Waals surface area contributed by atoms with Gasteiger partial charge in [-0.3, -0.25) is 4.79 Å². The second-order valence-electron chi connectivity index (χ2n) is 5.13. The Kier molecular flexibility index (Phi) is 7.98. The highest BCUT2D eigenvalue weighted by Gasteiger charge is 2.02. The average molecular weight is 238 g/mol. The topological polar surface area (TPSA) is 26.3 Å². The molecule has 17 heavy (non-hydrogen) atoms. The first-order chi connectivity index (χ1) is 8.29. The van der Waals surface area contributed by atoms with E-state index in [-0.39, 0.29) is 0 Å². The normalized spacial score (nSPS) is 26.2. The van der Waals surface area contributed by atoms with E-state index in [0.717, 1.165) is 38.9 Å². The summed E-state index contributed by atoms with van der Waals surface area (Å²) in [4.78, 5) is 11.5. The number of carbonyl (C=O) groups is 1. The summed E-state index contributed by atoms with van der Waals surface area (Å²) >= 11 is 0. The molecular weight excluding hydrogens is 212 g/mol. The molecule has 0 saturated carbocycles. The second-order valence-corrected chi connectivity index (χ2v) is 5.13. The average Bonchev–Trinajstić information content (AvgIpc) is 2.31. The van der Waals surface area contributed by atoms with Crippen LogP contribution in [0.2, 0.25) is 0 Å². The number of carbonyl (C=O) groups excluding carboxylic acids is 1. The van der Waals surface area contributed by atoms with Gasteiger partial charge in [0.05, 0.1) is 0 Å². The zero-order chi connectivity index (χ0) is 12.3. The number of allylic oxidation sites excluding steroid dienone is 2. The van der Waals surface area contributed by atoms with Crippen molar-refractivity contribution in [3.63, 3.8) is 0 Å². The Morgan fingerprint density at radius 3 is 2.76 bits per heavy atom. The first-order valence-electron chi connectivity index (χ1n) is 7.06. The number of ketones is 1. The summed E-state index contributed by atoms with van der Waals surface area (Å²) in [5.41, 5.74) is 0. The molecule has 98 valence electrons. The molecule has 0 saturated heterocycles. The van der Waals surface area contributed by atoms with Crippen molar-refractivity contribution in [2.45, 2.75) is 58.3 Å². The van der Waals surface area contributed by atoms with Gasteiger partial charge in [0.2, 0.25) is 0 Å². The van der Waals surface area contributed by atoms with Gasteiger partial charge in [-0.1, -0.05) is 32.3 Å². The molecule has 0 fully saturated rings. The maximum atomic E-state index is 11.5. The van der Waals surface area contributed by atoms with Crippen molar-refractivity contribution in [1.82, 2.24) is 0 Å². The van der Waals surface area contributed by atoms with Crippen LogP contribution in [0.1, 0.15) is 58.3 Å². The molecule has 0 N–H and O–H groups in total. The highest BCUT2D eigenvalue weighted by Crippen LogP contribution is 2.11. The molecule has 2 nitrogen and oxygen atoms in total. The fourth-order valence-electron chi connectivity index (χ4n) is 2.05. The third kappa shape index (κ3) is 8.14. The Labute approximate surface area is 105 Å². The molecule has 1 aliphatic rings. The zero-order valence-corrected chi connectivity index (χ0v) is 11.1. The Hall–Kier alpha value is -0.630. The van der Waals surface area contributed by atoms with E-state index in [9.17, 15) is 4.79 Å². The van der Waals surface area contributed by atoms with E-state index in [4.69, 9.17) is 4.74 Å². The lowest BCUT2D eigenvalue weighted by Crippen LogP contribution is -2.02. The molecule has 0 aromatic carbocycles. The molecule has 0 amide bonds. The van der Waals surface area contributed by atoms with Gasteiger partial charge in [0.25, 0.3) is 0 Å². The van der Waals surface area contributed by atoms with Crippen molar-refractivity contribution in [3.05, 3.63) is 12.2 Å². The fourth-order valence-corrected chi connectivity index (χ4v) is 2.05. The van der Waals surface area contributed by atoms with Gasteiger partial charge >= 0.3 is 0 Å².